The van der Waals surface area contributed by atoms with Gasteiger partial charge in [0.05, 0.1) is 6.42 Å². The van der Waals surface area contributed by atoms with Gasteiger partial charge in [-0.05, 0) is 30.5 Å². The van der Waals surface area contributed by atoms with Crippen molar-refractivity contribution in [1.29, 1.82) is 0 Å². The first-order valence-electron chi connectivity index (χ1n) is 5.91. The van der Waals surface area contributed by atoms with Gasteiger partial charge in [-0.15, -0.1) is 0 Å². The van der Waals surface area contributed by atoms with Crippen molar-refractivity contribution in [2.45, 2.75) is 25.7 Å². The highest BCUT2D eigenvalue weighted by molar-refractivity contribution is 5.78. The Morgan fingerprint density at radius 3 is 2.72 bits per heavy atom. The van der Waals surface area contributed by atoms with Gasteiger partial charge in [0.1, 0.15) is 5.75 Å². The molecule has 0 aliphatic heterocycles. The van der Waals surface area contributed by atoms with E-state index in [1.165, 1.54) is 0 Å². The molecule has 0 unspecified atom stereocenters. The molecule has 0 bridgehead atoms. The highest BCUT2D eigenvalue weighted by Gasteiger charge is 2.03. The second kappa shape index (κ2) is 7.32. The summed E-state index contributed by atoms with van der Waals surface area (Å²) in [6.07, 6.45) is 2.00. The summed E-state index contributed by atoms with van der Waals surface area (Å²) in [7, 11) is 0. The van der Waals surface area contributed by atoms with Gasteiger partial charge in [0.25, 0.3) is 0 Å². The molecule has 18 heavy (non-hydrogen) atoms. The van der Waals surface area contributed by atoms with Gasteiger partial charge in [-0.3, -0.25) is 9.59 Å². The van der Waals surface area contributed by atoms with Crippen LogP contribution in [0.2, 0.25) is 0 Å². The maximum atomic E-state index is 11.5. The number of nitrogens with two attached hydrogens (primary N) is 1. The van der Waals surface area contributed by atoms with Gasteiger partial charge < -0.3 is 16.2 Å². The van der Waals surface area contributed by atoms with Gasteiger partial charge >= 0.3 is 0 Å². The number of carbonyl (C=O) groups is 2. The van der Waals surface area contributed by atoms with Gasteiger partial charge in [-0.25, -0.2) is 0 Å². The molecular formula is C13H18N2O3. The fourth-order valence-electron chi connectivity index (χ4n) is 1.57. The number of nitrogens with one attached hydrogen (secondary N) is 1. The molecule has 0 aromatic heterocycles. The SMILES string of the molecule is NC(=O)CCCCNC(=O)Cc1cccc(O)c1. The largest absolute Gasteiger partial charge is 0.508 e. The Bertz CT molecular complexity index is 418. The first-order chi connectivity index (χ1) is 8.58. The number of aromatic hydroxyl groups is 1. The molecule has 4 N–H and O–H groups in total. The van der Waals surface area contributed by atoms with Gasteiger partial charge in [0.15, 0.2) is 0 Å². The number of phenols is 1. The maximum Gasteiger partial charge on any atom is 0.224 e. The number of unbranched alkanes of at least 4 members (excludes halogenated alkanes) is 1. The molecule has 0 saturated heterocycles. The van der Waals surface area contributed by atoms with Crippen molar-refractivity contribution >= 4 is 11.8 Å². The van der Waals surface area contributed by atoms with Gasteiger partial charge in [0.2, 0.25) is 11.8 Å². The Labute approximate surface area is 106 Å². The second-order valence-electron chi connectivity index (χ2n) is 4.12. The Morgan fingerprint density at radius 1 is 1.28 bits per heavy atom. The molecule has 2 amide bonds. The van der Waals surface area contributed by atoms with Crippen LogP contribution in [0.15, 0.2) is 24.3 Å². The monoisotopic (exact) mass is 250 g/mol. The van der Waals surface area contributed by atoms with E-state index < -0.39 is 0 Å². The normalized spacial score (nSPS) is 10.0. The summed E-state index contributed by atoms with van der Waals surface area (Å²) in [6, 6.07) is 6.61. The summed E-state index contributed by atoms with van der Waals surface area (Å²) in [5, 5.41) is 12.0. The lowest BCUT2D eigenvalue weighted by atomic mass is 10.1. The minimum absolute atomic E-state index is 0.0975. The van der Waals surface area contributed by atoms with E-state index >= 15 is 0 Å². The third-order valence-corrected chi connectivity index (χ3v) is 2.45. The quantitative estimate of drug-likeness (QED) is 0.622. The molecule has 98 valence electrons. The van der Waals surface area contributed by atoms with Crippen LogP contribution < -0.4 is 11.1 Å². The molecule has 0 atom stereocenters. The van der Waals surface area contributed by atoms with Crippen LogP contribution in [-0.4, -0.2) is 23.5 Å². The number of benzene rings is 1. The lowest BCUT2D eigenvalue weighted by Gasteiger charge is -2.05. The molecule has 1 aromatic carbocycles. The fourth-order valence-corrected chi connectivity index (χ4v) is 1.57. The van der Waals surface area contributed by atoms with E-state index in [1.807, 2.05) is 0 Å². The molecule has 0 saturated carbocycles. The van der Waals surface area contributed by atoms with E-state index in [0.717, 1.165) is 12.0 Å². The van der Waals surface area contributed by atoms with Crippen molar-refractivity contribution in [3.05, 3.63) is 29.8 Å². The highest BCUT2D eigenvalue weighted by Crippen LogP contribution is 2.11. The van der Waals surface area contributed by atoms with Crippen molar-refractivity contribution in [3.8, 4) is 5.75 Å². The van der Waals surface area contributed by atoms with Crippen LogP contribution in [0.4, 0.5) is 0 Å². The first-order valence-corrected chi connectivity index (χ1v) is 5.91. The molecule has 0 spiro atoms. The van der Waals surface area contributed by atoms with Crippen LogP contribution in [0, 0.1) is 0 Å². The van der Waals surface area contributed by atoms with Crippen LogP contribution in [0.3, 0.4) is 0 Å². The summed E-state index contributed by atoms with van der Waals surface area (Å²) in [4.78, 5) is 22.0. The van der Waals surface area contributed by atoms with Gasteiger partial charge in [-0.2, -0.15) is 0 Å². The zero-order valence-electron chi connectivity index (χ0n) is 10.2. The number of carbonyl (C=O) groups excluding carboxylic acids is 2. The number of phenolic OH excluding ortho intramolecular Hbond substituents is 1. The van der Waals surface area contributed by atoms with Crippen molar-refractivity contribution in [1.82, 2.24) is 5.32 Å². The molecule has 0 heterocycles. The molecule has 0 aliphatic carbocycles. The Kier molecular flexibility index (Phi) is 5.70. The number of hydrogen-bond donors (Lipinski definition) is 3. The number of rotatable bonds is 7. The highest BCUT2D eigenvalue weighted by atomic mass is 16.3. The minimum Gasteiger partial charge on any atom is -0.508 e. The third kappa shape index (κ3) is 5.89. The Hall–Kier alpha value is -2.04. The zero-order chi connectivity index (χ0) is 13.4. The Morgan fingerprint density at radius 2 is 2.06 bits per heavy atom. The van der Waals surface area contributed by atoms with E-state index in [-0.39, 0.29) is 24.0 Å². The first kappa shape index (κ1) is 14.0. The third-order valence-electron chi connectivity index (χ3n) is 2.45. The molecule has 1 aromatic rings. The predicted octanol–water partition coefficient (Wildman–Crippen LogP) is 0.706. The second-order valence-corrected chi connectivity index (χ2v) is 4.12. The number of primary amides is 1. The maximum absolute atomic E-state index is 11.5. The van der Waals surface area contributed by atoms with Crippen LogP contribution in [0.25, 0.3) is 0 Å². The standard InChI is InChI=1S/C13H18N2O3/c14-12(17)6-1-2-7-15-13(18)9-10-4-3-5-11(16)8-10/h3-5,8,16H,1-2,6-7,9H2,(H2,14,17)(H,15,18). The summed E-state index contributed by atoms with van der Waals surface area (Å²) >= 11 is 0. The van der Waals surface area contributed by atoms with Gasteiger partial charge in [0, 0.05) is 13.0 Å². The van der Waals surface area contributed by atoms with Gasteiger partial charge in [-0.1, -0.05) is 12.1 Å². The fraction of sp³-hybridized carbons (Fsp3) is 0.385. The number of hydrogen-bond acceptors (Lipinski definition) is 3. The van der Waals surface area contributed by atoms with E-state index in [4.69, 9.17) is 5.73 Å². The van der Waals surface area contributed by atoms with Crippen LogP contribution >= 0.6 is 0 Å². The van der Waals surface area contributed by atoms with Crippen molar-refractivity contribution in [2.24, 2.45) is 5.73 Å². The summed E-state index contributed by atoms with van der Waals surface area (Å²) in [6.45, 7) is 0.533. The van der Waals surface area contributed by atoms with Crippen molar-refractivity contribution < 1.29 is 14.7 Å². The zero-order valence-corrected chi connectivity index (χ0v) is 10.2. The van der Waals surface area contributed by atoms with Crippen LogP contribution in [0.5, 0.6) is 5.75 Å². The summed E-state index contributed by atoms with van der Waals surface area (Å²) in [5.41, 5.74) is 5.77. The van der Waals surface area contributed by atoms with E-state index in [0.29, 0.717) is 19.4 Å². The molecular weight excluding hydrogens is 232 g/mol. The van der Waals surface area contributed by atoms with E-state index in [2.05, 4.69) is 5.32 Å². The average molecular weight is 250 g/mol. The molecule has 1 rings (SSSR count). The van der Waals surface area contributed by atoms with Crippen LogP contribution in [-0.2, 0) is 16.0 Å². The van der Waals surface area contributed by atoms with Crippen LogP contribution in [0.1, 0.15) is 24.8 Å². The molecule has 0 aliphatic rings. The summed E-state index contributed by atoms with van der Waals surface area (Å²) in [5.74, 6) is -0.262. The lowest BCUT2D eigenvalue weighted by Crippen LogP contribution is -2.26. The predicted molar refractivity (Wildman–Crippen MR) is 67.9 cm³/mol. The average Bonchev–Trinajstić information content (AvgIpc) is 2.28. The van der Waals surface area contributed by atoms with E-state index in [1.54, 1.807) is 24.3 Å². The van der Waals surface area contributed by atoms with Crippen molar-refractivity contribution in [3.63, 3.8) is 0 Å². The molecule has 0 radical (unpaired) electrons. The number of amides is 2. The smallest absolute Gasteiger partial charge is 0.224 e. The minimum atomic E-state index is -0.318. The topological polar surface area (TPSA) is 92.4 Å². The molecule has 5 nitrogen and oxygen atoms in total. The summed E-state index contributed by atoms with van der Waals surface area (Å²) < 4.78 is 0. The molecule has 0 fully saturated rings. The Balaban J connectivity index is 2.20. The lowest BCUT2D eigenvalue weighted by molar-refractivity contribution is -0.120. The van der Waals surface area contributed by atoms with Crippen molar-refractivity contribution in [2.75, 3.05) is 6.54 Å². The molecule has 5 heteroatoms. The van der Waals surface area contributed by atoms with E-state index in [9.17, 15) is 14.7 Å².